The Morgan fingerprint density at radius 1 is 0.783 bits per heavy atom. The van der Waals surface area contributed by atoms with Gasteiger partial charge in [-0.05, 0) is 36.2 Å². The molecule has 1 aromatic carbocycles. The second-order valence-corrected chi connectivity index (χ2v) is 9.32. The second kappa shape index (κ2) is 11.7. The molecular formula is C19H34O3Si. The summed E-state index contributed by atoms with van der Waals surface area (Å²) in [7, 11) is -2.41. The van der Waals surface area contributed by atoms with Crippen molar-refractivity contribution < 1.29 is 14.0 Å². The van der Waals surface area contributed by atoms with E-state index in [0.29, 0.717) is 5.75 Å². The second-order valence-electron chi connectivity index (χ2n) is 6.16. The van der Waals surface area contributed by atoms with E-state index in [1.54, 1.807) is 12.1 Å². The van der Waals surface area contributed by atoms with E-state index in [-0.39, 0.29) is 0 Å². The van der Waals surface area contributed by atoms with Gasteiger partial charge in [0.2, 0.25) is 0 Å². The van der Waals surface area contributed by atoms with Gasteiger partial charge < -0.3 is 14.0 Å². The molecule has 0 fully saturated rings. The van der Waals surface area contributed by atoms with Gasteiger partial charge in [-0.25, -0.2) is 0 Å². The fourth-order valence-corrected chi connectivity index (χ4v) is 5.99. The van der Waals surface area contributed by atoms with E-state index in [4.69, 9.17) is 8.85 Å². The summed E-state index contributed by atoms with van der Waals surface area (Å²) >= 11 is 0. The van der Waals surface area contributed by atoms with Crippen LogP contribution in [0.1, 0.15) is 65.7 Å². The first-order chi connectivity index (χ1) is 11.2. The predicted molar refractivity (Wildman–Crippen MR) is 99.5 cm³/mol. The molecule has 0 saturated carbocycles. The first-order valence-electron chi connectivity index (χ1n) is 9.26. The Bertz CT molecular complexity index is 394. The minimum atomic E-state index is -2.41. The van der Waals surface area contributed by atoms with Crippen LogP contribution in [0.3, 0.4) is 0 Å². The van der Waals surface area contributed by atoms with E-state index >= 15 is 0 Å². The summed E-state index contributed by atoms with van der Waals surface area (Å²) in [4.78, 5) is 0. The van der Waals surface area contributed by atoms with Crippen LogP contribution in [0.5, 0.6) is 5.75 Å². The SMILES string of the molecule is CCCCCO[Si](CCC)(OCCCCC)c1ccc(O)cc1. The molecule has 0 amide bonds. The molecule has 0 bridgehead atoms. The minimum Gasteiger partial charge on any atom is -0.508 e. The molecule has 0 atom stereocenters. The van der Waals surface area contributed by atoms with E-state index in [2.05, 4.69) is 20.8 Å². The topological polar surface area (TPSA) is 38.7 Å². The minimum absolute atomic E-state index is 0.296. The van der Waals surface area contributed by atoms with Gasteiger partial charge in [0.05, 0.1) is 0 Å². The average Bonchev–Trinajstić information content (AvgIpc) is 2.56. The summed E-state index contributed by atoms with van der Waals surface area (Å²) in [6.45, 7) is 8.15. The maximum absolute atomic E-state index is 9.58. The van der Waals surface area contributed by atoms with Crippen LogP contribution < -0.4 is 5.19 Å². The van der Waals surface area contributed by atoms with Gasteiger partial charge in [0.25, 0.3) is 0 Å². The van der Waals surface area contributed by atoms with E-state index in [0.717, 1.165) is 43.7 Å². The van der Waals surface area contributed by atoms with Gasteiger partial charge in [-0.1, -0.05) is 65.0 Å². The Morgan fingerprint density at radius 2 is 1.30 bits per heavy atom. The van der Waals surface area contributed by atoms with Crippen LogP contribution >= 0.6 is 0 Å². The maximum atomic E-state index is 9.58. The summed E-state index contributed by atoms with van der Waals surface area (Å²) in [5.41, 5.74) is 0. The van der Waals surface area contributed by atoms with Crippen LogP contribution in [0.25, 0.3) is 0 Å². The normalized spacial score (nSPS) is 11.8. The lowest BCUT2D eigenvalue weighted by molar-refractivity contribution is 0.173. The Hall–Kier alpha value is -0.843. The first-order valence-corrected chi connectivity index (χ1v) is 11.3. The van der Waals surface area contributed by atoms with Crippen LogP contribution in [-0.4, -0.2) is 26.9 Å². The molecule has 0 spiro atoms. The Labute approximate surface area is 143 Å². The Kier molecular flexibility index (Phi) is 10.2. The molecule has 0 aliphatic carbocycles. The summed E-state index contributed by atoms with van der Waals surface area (Å²) in [6.07, 6.45) is 8.01. The lowest BCUT2D eigenvalue weighted by atomic mass is 10.3. The highest BCUT2D eigenvalue weighted by atomic mass is 28.4. The zero-order valence-electron chi connectivity index (χ0n) is 15.1. The molecule has 1 N–H and O–H groups in total. The van der Waals surface area contributed by atoms with Crippen molar-refractivity contribution in [3.05, 3.63) is 24.3 Å². The van der Waals surface area contributed by atoms with Gasteiger partial charge in [-0.15, -0.1) is 0 Å². The highest BCUT2D eigenvalue weighted by Crippen LogP contribution is 2.20. The predicted octanol–water partition coefficient (Wildman–Crippen LogP) is 4.87. The first kappa shape index (κ1) is 20.2. The van der Waals surface area contributed by atoms with Crippen LogP contribution in [0.2, 0.25) is 6.04 Å². The number of unbranched alkanes of at least 4 members (excludes halogenated alkanes) is 4. The van der Waals surface area contributed by atoms with Crippen LogP contribution in [-0.2, 0) is 8.85 Å². The molecule has 132 valence electrons. The van der Waals surface area contributed by atoms with Crippen LogP contribution in [0.4, 0.5) is 0 Å². The molecule has 0 saturated heterocycles. The zero-order chi connectivity index (χ0) is 17.0. The molecule has 0 aliphatic heterocycles. The van der Waals surface area contributed by atoms with Crippen LogP contribution in [0.15, 0.2) is 24.3 Å². The Morgan fingerprint density at radius 3 is 1.74 bits per heavy atom. The molecular weight excluding hydrogens is 304 g/mol. The van der Waals surface area contributed by atoms with Crippen molar-refractivity contribution in [3.8, 4) is 5.75 Å². The number of rotatable bonds is 13. The highest BCUT2D eigenvalue weighted by Gasteiger charge is 2.39. The number of phenols is 1. The van der Waals surface area contributed by atoms with Crippen molar-refractivity contribution in [2.75, 3.05) is 13.2 Å². The molecule has 0 heterocycles. The molecule has 0 aliphatic rings. The van der Waals surface area contributed by atoms with Crippen molar-refractivity contribution in [3.63, 3.8) is 0 Å². The molecule has 0 unspecified atom stereocenters. The summed E-state index contributed by atoms with van der Waals surface area (Å²) in [5, 5.41) is 10.7. The van der Waals surface area contributed by atoms with Crippen molar-refractivity contribution >= 4 is 13.7 Å². The fraction of sp³-hybridized carbons (Fsp3) is 0.684. The molecule has 0 radical (unpaired) electrons. The summed E-state index contributed by atoms with van der Waals surface area (Å²) < 4.78 is 12.8. The molecule has 1 rings (SSSR count). The summed E-state index contributed by atoms with van der Waals surface area (Å²) in [5.74, 6) is 0.296. The van der Waals surface area contributed by atoms with Gasteiger partial charge in [-0.3, -0.25) is 0 Å². The lowest BCUT2D eigenvalue weighted by Crippen LogP contribution is -2.54. The van der Waals surface area contributed by atoms with Gasteiger partial charge in [-0.2, -0.15) is 0 Å². The lowest BCUT2D eigenvalue weighted by Gasteiger charge is -2.31. The van der Waals surface area contributed by atoms with Crippen molar-refractivity contribution in [2.45, 2.75) is 71.8 Å². The van der Waals surface area contributed by atoms with Gasteiger partial charge in [0.15, 0.2) is 0 Å². The van der Waals surface area contributed by atoms with Crippen molar-refractivity contribution in [1.29, 1.82) is 0 Å². The highest BCUT2D eigenvalue weighted by molar-refractivity contribution is 6.81. The number of benzene rings is 1. The number of aromatic hydroxyl groups is 1. The average molecular weight is 339 g/mol. The van der Waals surface area contributed by atoms with Gasteiger partial charge in [0.1, 0.15) is 5.75 Å². The van der Waals surface area contributed by atoms with Crippen molar-refractivity contribution in [2.24, 2.45) is 0 Å². The number of phenolic OH excluding ortho intramolecular Hbond substituents is 1. The zero-order valence-corrected chi connectivity index (χ0v) is 16.1. The number of hydrogen-bond acceptors (Lipinski definition) is 3. The standard InChI is InChI=1S/C19H34O3Si/c1-4-7-9-15-21-23(17-6-3,22-16-10-8-5-2)19-13-11-18(20)12-14-19/h11-14,20H,4-10,15-17H2,1-3H3. The van der Waals surface area contributed by atoms with E-state index in [1.807, 2.05) is 12.1 Å². The fourth-order valence-electron chi connectivity index (χ4n) is 2.72. The monoisotopic (exact) mass is 338 g/mol. The summed E-state index contributed by atoms with van der Waals surface area (Å²) in [6, 6.07) is 8.43. The molecule has 3 nitrogen and oxygen atoms in total. The molecule has 1 aromatic rings. The molecule has 23 heavy (non-hydrogen) atoms. The van der Waals surface area contributed by atoms with Gasteiger partial charge in [0, 0.05) is 13.2 Å². The molecule has 0 aromatic heterocycles. The smallest absolute Gasteiger partial charge is 0.372 e. The molecule has 4 heteroatoms. The van der Waals surface area contributed by atoms with Crippen molar-refractivity contribution in [1.82, 2.24) is 0 Å². The largest absolute Gasteiger partial charge is 0.508 e. The van der Waals surface area contributed by atoms with Gasteiger partial charge >= 0.3 is 8.56 Å². The Balaban J connectivity index is 2.85. The third-order valence-corrected chi connectivity index (χ3v) is 7.76. The third kappa shape index (κ3) is 7.06. The van der Waals surface area contributed by atoms with E-state index in [1.165, 1.54) is 25.7 Å². The third-order valence-electron chi connectivity index (χ3n) is 4.05. The van der Waals surface area contributed by atoms with Crippen LogP contribution in [0, 0.1) is 0 Å². The number of hydrogen-bond donors (Lipinski definition) is 1. The quantitative estimate of drug-likeness (QED) is 0.412. The maximum Gasteiger partial charge on any atom is 0.372 e. The van der Waals surface area contributed by atoms with E-state index in [9.17, 15) is 5.11 Å². The van der Waals surface area contributed by atoms with E-state index < -0.39 is 8.56 Å².